The highest BCUT2D eigenvalue weighted by atomic mass is 79.9. The number of carbonyl (C=O) groups excluding carboxylic acids is 3. The maximum Gasteiger partial charge on any atom is 0.294 e. The van der Waals surface area contributed by atoms with Crippen LogP contribution in [0.3, 0.4) is 0 Å². The second-order valence-electron chi connectivity index (χ2n) is 8.99. The Bertz CT molecular complexity index is 1690. The number of rotatable bonds is 9. The van der Waals surface area contributed by atoms with Crippen molar-refractivity contribution < 1.29 is 28.2 Å². The molecule has 0 saturated carbocycles. The van der Waals surface area contributed by atoms with Crippen molar-refractivity contribution in [1.29, 1.82) is 0 Å². The van der Waals surface area contributed by atoms with Crippen LogP contribution in [0, 0.1) is 5.82 Å². The number of thioether (sulfide) groups is 1. The SMILES string of the molecule is CCOc1cc(/C=C2\SC(=O)N(CC(=O)Nc3cccc4ccccc34)C2=O)cc(Br)c1OCc1ccccc1F. The van der Waals surface area contributed by atoms with Crippen LogP contribution in [0.5, 0.6) is 11.5 Å². The molecule has 3 amide bonds. The van der Waals surface area contributed by atoms with Crippen molar-refractivity contribution >= 4 is 67.3 Å². The molecule has 1 heterocycles. The van der Waals surface area contributed by atoms with E-state index >= 15 is 0 Å². The second-order valence-corrected chi connectivity index (χ2v) is 10.8. The number of hydrogen-bond donors (Lipinski definition) is 1. The van der Waals surface area contributed by atoms with Gasteiger partial charge in [-0.3, -0.25) is 19.3 Å². The van der Waals surface area contributed by atoms with Gasteiger partial charge in [-0.2, -0.15) is 0 Å². The zero-order valence-electron chi connectivity index (χ0n) is 21.9. The first kappa shape index (κ1) is 28.4. The first-order valence-electron chi connectivity index (χ1n) is 12.7. The smallest absolute Gasteiger partial charge is 0.294 e. The average Bonchev–Trinajstić information content (AvgIpc) is 3.21. The quantitative estimate of drug-likeness (QED) is 0.193. The number of anilines is 1. The first-order valence-corrected chi connectivity index (χ1v) is 14.3. The summed E-state index contributed by atoms with van der Waals surface area (Å²) < 4.78 is 26.2. The lowest BCUT2D eigenvalue weighted by molar-refractivity contribution is -0.127. The van der Waals surface area contributed by atoms with Crippen molar-refractivity contribution in [1.82, 2.24) is 4.90 Å². The average molecular weight is 636 g/mol. The van der Waals surface area contributed by atoms with E-state index in [0.29, 0.717) is 39.4 Å². The van der Waals surface area contributed by atoms with Gasteiger partial charge in [-0.15, -0.1) is 0 Å². The van der Waals surface area contributed by atoms with Gasteiger partial charge in [0.25, 0.3) is 11.1 Å². The molecule has 7 nitrogen and oxygen atoms in total. The predicted octanol–water partition coefficient (Wildman–Crippen LogP) is 7.39. The number of ether oxygens (including phenoxy) is 2. The molecule has 0 atom stereocenters. The summed E-state index contributed by atoms with van der Waals surface area (Å²) in [4.78, 5) is 39.7. The van der Waals surface area contributed by atoms with Crippen LogP contribution in [0.25, 0.3) is 16.8 Å². The van der Waals surface area contributed by atoms with Gasteiger partial charge >= 0.3 is 0 Å². The van der Waals surface area contributed by atoms with Gasteiger partial charge in [0.1, 0.15) is 19.0 Å². The van der Waals surface area contributed by atoms with E-state index in [0.717, 1.165) is 27.4 Å². The monoisotopic (exact) mass is 634 g/mol. The third-order valence-electron chi connectivity index (χ3n) is 6.20. The van der Waals surface area contributed by atoms with Crippen LogP contribution in [-0.2, 0) is 16.2 Å². The Balaban J connectivity index is 1.31. The Labute approximate surface area is 248 Å². The van der Waals surface area contributed by atoms with E-state index in [1.165, 1.54) is 6.07 Å². The summed E-state index contributed by atoms with van der Waals surface area (Å²) in [6.07, 6.45) is 1.56. The Hall–Kier alpha value is -4.15. The Morgan fingerprint density at radius 2 is 1.78 bits per heavy atom. The van der Waals surface area contributed by atoms with E-state index in [9.17, 15) is 18.8 Å². The Morgan fingerprint density at radius 3 is 2.59 bits per heavy atom. The molecule has 1 aliphatic heterocycles. The fourth-order valence-electron chi connectivity index (χ4n) is 4.30. The topological polar surface area (TPSA) is 84.9 Å². The molecule has 1 fully saturated rings. The minimum Gasteiger partial charge on any atom is -0.490 e. The third kappa shape index (κ3) is 6.44. The van der Waals surface area contributed by atoms with Gasteiger partial charge in [0.15, 0.2) is 11.5 Å². The molecule has 0 radical (unpaired) electrons. The van der Waals surface area contributed by atoms with Gasteiger partial charge in [0.2, 0.25) is 5.91 Å². The van der Waals surface area contributed by atoms with Crippen LogP contribution >= 0.6 is 27.7 Å². The van der Waals surface area contributed by atoms with Crippen molar-refractivity contribution in [3.63, 3.8) is 0 Å². The fourth-order valence-corrected chi connectivity index (χ4v) is 5.71. The van der Waals surface area contributed by atoms with Gasteiger partial charge in [0, 0.05) is 16.6 Å². The molecular formula is C31H24BrFN2O5S. The highest BCUT2D eigenvalue weighted by molar-refractivity contribution is 9.10. The number of nitrogens with one attached hydrogen (secondary N) is 1. The highest BCUT2D eigenvalue weighted by Gasteiger charge is 2.36. The lowest BCUT2D eigenvalue weighted by Crippen LogP contribution is -2.36. The van der Waals surface area contributed by atoms with E-state index in [1.807, 2.05) is 43.3 Å². The van der Waals surface area contributed by atoms with Gasteiger partial charge in [-0.05, 0) is 75.9 Å². The fraction of sp³-hybridized carbons (Fsp3) is 0.129. The minimum atomic E-state index is -0.568. The van der Waals surface area contributed by atoms with E-state index < -0.39 is 23.6 Å². The summed E-state index contributed by atoms with van der Waals surface area (Å²) in [5, 5.41) is 4.08. The number of benzene rings is 4. The molecule has 0 spiro atoms. The van der Waals surface area contributed by atoms with Gasteiger partial charge < -0.3 is 14.8 Å². The van der Waals surface area contributed by atoms with Crippen molar-refractivity contribution in [2.75, 3.05) is 18.5 Å². The molecule has 0 unspecified atom stereocenters. The van der Waals surface area contributed by atoms with Crippen molar-refractivity contribution in [2.45, 2.75) is 13.5 Å². The summed E-state index contributed by atoms with van der Waals surface area (Å²) >= 11 is 4.24. The van der Waals surface area contributed by atoms with Crippen LogP contribution in [0.15, 0.2) is 88.2 Å². The number of carbonyl (C=O) groups is 3. The van der Waals surface area contributed by atoms with Crippen LogP contribution < -0.4 is 14.8 Å². The number of fused-ring (bicyclic) bond motifs is 1. The molecule has 1 aliphatic rings. The van der Waals surface area contributed by atoms with Crippen LogP contribution in [0.2, 0.25) is 0 Å². The number of imide groups is 1. The molecule has 0 aromatic heterocycles. The molecular weight excluding hydrogens is 611 g/mol. The maximum absolute atomic E-state index is 14.1. The van der Waals surface area contributed by atoms with Crippen LogP contribution in [0.1, 0.15) is 18.1 Å². The molecule has 4 aromatic carbocycles. The molecule has 1 N–H and O–H groups in total. The van der Waals surface area contributed by atoms with Crippen molar-refractivity contribution in [3.05, 3.63) is 105 Å². The first-order chi connectivity index (χ1) is 19.8. The number of hydrogen-bond acceptors (Lipinski definition) is 6. The minimum absolute atomic E-state index is 0.00950. The van der Waals surface area contributed by atoms with E-state index in [2.05, 4.69) is 21.2 Å². The van der Waals surface area contributed by atoms with Gasteiger partial charge in [-0.1, -0.05) is 54.6 Å². The molecule has 41 heavy (non-hydrogen) atoms. The third-order valence-corrected chi connectivity index (χ3v) is 7.69. The lowest BCUT2D eigenvalue weighted by Gasteiger charge is -2.15. The highest BCUT2D eigenvalue weighted by Crippen LogP contribution is 2.40. The molecule has 208 valence electrons. The van der Waals surface area contributed by atoms with Crippen LogP contribution in [-0.4, -0.2) is 35.1 Å². The van der Waals surface area contributed by atoms with Gasteiger partial charge in [0.05, 0.1) is 16.0 Å². The van der Waals surface area contributed by atoms with E-state index in [1.54, 1.807) is 42.5 Å². The van der Waals surface area contributed by atoms with Crippen LogP contribution in [0.4, 0.5) is 14.9 Å². The van der Waals surface area contributed by atoms with Crippen molar-refractivity contribution in [2.24, 2.45) is 0 Å². The normalized spacial score (nSPS) is 14.1. The number of amides is 3. The standard InChI is InChI=1S/C31H24BrFN2O5S/c1-2-39-26-15-19(14-23(32)29(26)40-18-21-9-4-6-12-24(21)33)16-27-30(37)35(31(38)41-27)17-28(36)34-25-13-7-10-20-8-3-5-11-22(20)25/h3-16H,2,17-18H2,1H3,(H,34,36)/b27-16-. The predicted molar refractivity (Wildman–Crippen MR) is 161 cm³/mol. The molecule has 5 rings (SSSR count). The molecule has 0 bridgehead atoms. The maximum atomic E-state index is 14.1. The largest absolute Gasteiger partial charge is 0.490 e. The second kappa shape index (κ2) is 12.6. The Morgan fingerprint density at radius 1 is 1.02 bits per heavy atom. The summed E-state index contributed by atoms with van der Waals surface area (Å²) in [7, 11) is 0. The van der Waals surface area contributed by atoms with E-state index in [-0.39, 0.29) is 17.3 Å². The number of nitrogens with zero attached hydrogens (tertiary/aromatic N) is 1. The summed E-state index contributed by atoms with van der Waals surface area (Å²) in [5.74, 6) is -0.659. The van der Waals surface area contributed by atoms with Gasteiger partial charge in [-0.25, -0.2) is 4.39 Å². The van der Waals surface area contributed by atoms with E-state index in [4.69, 9.17) is 9.47 Å². The zero-order valence-corrected chi connectivity index (χ0v) is 24.3. The van der Waals surface area contributed by atoms with Crippen molar-refractivity contribution in [3.8, 4) is 11.5 Å². The summed E-state index contributed by atoms with van der Waals surface area (Å²) in [6, 6.07) is 22.8. The molecule has 4 aromatic rings. The number of halogens is 2. The summed E-state index contributed by atoms with van der Waals surface area (Å²) in [6.45, 7) is 1.73. The lowest BCUT2D eigenvalue weighted by atomic mass is 10.1. The zero-order chi connectivity index (χ0) is 28.9. The summed E-state index contributed by atoms with van der Waals surface area (Å²) in [5.41, 5.74) is 1.56. The molecule has 10 heteroatoms. The molecule has 1 saturated heterocycles. The Kier molecular flexibility index (Phi) is 8.70. The molecule has 0 aliphatic carbocycles.